The van der Waals surface area contributed by atoms with Crippen molar-refractivity contribution in [2.45, 2.75) is 18.9 Å². The summed E-state index contributed by atoms with van der Waals surface area (Å²) < 4.78 is 4.94. The number of methoxy groups -OCH3 is 1. The summed E-state index contributed by atoms with van der Waals surface area (Å²) in [5, 5.41) is 12.0. The Balaban J connectivity index is 2.33. The lowest BCUT2D eigenvalue weighted by Gasteiger charge is -2.08. The molecule has 5 heteroatoms. The van der Waals surface area contributed by atoms with E-state index in [4.69, 9.17) is 15.6 Å². The lowest BCUT2D eigenvalue weighted by molar-refractivity contribution is -0.138. The van der Waals surface area contributed by atoms with E-state index < -0.39 is 12.0 Å². The Morgan fingerprint density at radius 1 is 1.32 bits per heavy atom. The first-order valence-corrected chi connectivity index (χ1v) is 6.39. The molecule has 0 aliphatic heterocycles. The van der Waals surface area contributed by atoms with Gasteiger partial charge in [0.15, 0.2) is 0 Å². The molecule has 0 aromatic heterocycles. The zero-order valence-electron chi connectivity index (χ0n) is 11.3. The van der Waals surface area contributed by atoms with Crippen molar-refractivity contribution in [3.05, 3.63) is 35.4 Å². The highest BCUT2D eigenvalue weighted by Crippen LogP contribution is 2.07. The molecular formula is C14H22N2O3. The first kappa shape index (κ1) is 15.6. The fourth-order valence-electron chi connectivity index (χ4n) is 1.72. The van der Waals surface area contributed by atoms with Gasteiger partial charge >= 0.3 is 5.97 Å². The van der Waals surface area contributed by atoms with Crippen molar-refractivity contribution in [2.24, 2.45) is 5.73 Å². The van der Waals surface area contributed by atoms with Gasteiger partial charge in [-0.15, -0.1) is 0 Å². The second-order valence-electron chi connectivity index (χ2n) is 4.46. The molecule has 0 saturated carbocycles. The molecule has 4 N–H and O–H groups in total. The predicted octanol–water partition coefficient (Wildman–Crippen LogP) is 0.420. The lowest BCUT2D eigenvalue weighted by atomic mass is 10.0. The largest absolute Gasteiger partial charge is 0.480 e. The molecule has 0 heterocycles. The Hall–Kier alpha value is -1.43. The van der Waals surface area contributed by atoms with Gasteiger partial charge in [0, 0.05) is 13.7 Å². The number of nitrogens with one attached hydrogen (secondary N) is 1. The molecule has 1 aromatic carbocycles. The second-order valence-corrected chi connectivity index (χ2v) is 4.46. The van der Waals surface area contributed by atoms with E-state index in [1.807, 2.05) is 24.3 Å². The van der Waals surface area contributed by atoms with Crippen molar-refractivity contribution in [1.82, 2.24) is 5.32 Å². The minimum Gasteiger partial charge on any atom is -0.480 e. The maximum Gasteiger partial charge on any atom is 0.320 e. The molecule has 0 amide bonds. The predicted molar refractivity (Wildman–Crippen MR) is 74.2 cm³/mol. The number of carboxylic acids is 1. The van der Waals surface area contributed by atoms with Crippen LogP contribution in [0.3, 0.4) is 0 Å². The topological polar surface area (TPSA) is 84.6 Å². The van der Waals surface area contributed by atoms with E-state index >= 15 is 0 Å². The van der Waals surface area contributed by atoms with Gasteiger partial charge in [-0.2, -0.15) is 0 Å². The van der Waals surface area contributed by atoms with Gasteiger partial charge in [0.05, 0.1) is 6.61 Å². The van der Waals surface area contributed by atoms with Crippen LogP contribution >= 0.6 is 0 Å². The number of nitrogens with two attached hydrogens (primary N) is 1. The average Bonchev–Trinajstić information content (AvgIpc) is 2.40. The van der Waals surface area contributed by atoms with Gasteiger partial charge in [-0.05, 0) is 30.5 Å². The van der Waals surface area contributed by atoms with E-state index in [2.05, 4.69) is 5.32 Å². The standard InChI is InChI=1S/C14H22N2O3/c1-19-9-8-16-7-6-11-2-4-12(5-3-11)10-13(15)14(17)18/h2-5,13,16H,6-10,15H2,1H3,(H,17,18). The fourth-order valence-corrected chi connectivity index (χ4v) is 1.72. The summed E-state index contributed by atoms with van der Waals surface area (Å²) in [4.78, 5) is 10.7. The van der Waals surface area contributed by atoms with Crippen molar-refractivity contribution < 1.29 is 14.6 Å². The molecule has 1 unspecified atom stereocenters. The van der Waals surface area contributed by atoms with E-state index in [1.54, 1.807) is 7.11 Å². The molecule has 0 aliphatic rings. The zero-order chi connectivity index (χ0) is 14.1. The molecule has 1 rings (SSSR count). The van der Waals surface area contributed by atoms with Crippen LogP contribution in [0.1, 0.15) is 11.1 Å². The van der Waals surface area contributed by atoms with Gasteiger partial charge in [0.25, 0.3) is 0 Å². The van der Waals surface area contributed by atoms with Crippen molar-refractivity contribution in [3.8, 4) is 0 Å². The maximum absolute atomic E-state index is 10.7. The third-order valence-electron chi connectivity index (χ3n) is 2.87. The quantitative estimate of drug-likeness (QED) is 0.564. The van der Waals surface area contributed by atoms with Gasteiger partial charge in [-0.25, -0.2) is 0 Å². The Kier molecular flexibility index (Phi) is 7.10. The molecule has 0 saturated heterocycles. The number of carboxylic acid groups (broad SMARTS) is 1. The molecular weight excluding hydrogens is 244 g/mol. The van der Waals surface area contributed by atoms with Gasteiger partial charge in [0.1, 0.15) is 6.04 Å². The van der Waals surface area contributed by atoms with Crippen molar-refractivity contribution >= 4 is 5.97 Å². The van der Waals surface area contributed by atoms with Crippen LogP contribution < -0.4 is 11.1 Å². The number of hydrogen-bond donors (Lipinski definition) is 3. The first-order valence-electron chi connectivity index (χ1n) is 6.39. The van der Waals surface area contributed by atoms with E-state index in [1.165, 1.54) is 5.56 Å². The molecule has 1 atom stereocenters. The van der Waals surface area contributed by atoms with Crippen LogP contribution in [0.4, 0.5) is 0 Å². The highest BCUT2D eigenvalue weighted by molar-refractivity contribution is 5.73. The number of hydrogen-bond acceptors (Lipinski definition) is 4. The molecule has 1 aromatic rings. The Bertz CT molecular complexity index is 379. The van der Waals surface area contributed by atoms with Crippen molar-refractivity contribution in [1.29, 1.82) is 0 Å². The molecule has 19 heavy (non-hydrogen) atoms. The number of carbonyl (C=O) groups is 1. The van der Waals surface area contributed by atoms with Crippen molar-refractivity contribution in [3.63, 3.8) is 0 Å². The van der Waals surface area contributed by atoms with Gasteiger partial charge in [-0.3, -0.25) is 4.79 Å². The molecule has 0 aliphatic carbocycles. The van der Waals surface area contributed by atoms with Crippen LogP contribution in [0.15, 0.2) is 24.3 Å². The Labute approximate surface area is 113 Å². The second kappa shape index (κ2) is 8.63. The minimum absolute atomic E-state index is 0.363. The van der Waals surface area contributed by atoms with Crippen LogP contribution in [0.2, 0.25) is 0 Å². The summed E-state index contributed by atoms with van der Waals surface area (Å²) in [6, 6.07) is 7.08. The monoisotopic (exact) mass is 266 g/mol. The normalized spacial score (nSPS) is 12.3. The van der Waals surface area contributed by atoms with Crippen LogP contribution in [0.5, 0.6) is 0 Å². The van der Waals surface area contributed by atoms with Crippen LogP contribution in [-0.4, -0.2) is 43.9 Å². The number of benzene rings is 1. The summed E-state index contributed by atoms with van der Waals surface area (Å²) in [5.41, 5.74) is 7.66. The van der Waals surface area contributed by atoms with E-state index in [-0.39, 0.29) is 0 Å². The van der Waals surface area contributed by atoms with Crippen LogP contribution in [-0.2, 0) is 22.4 Å². The maximum atomic E-state index is 10.7. The van der Waals surface area contributed by atoms with E-state index in [9.17, 15) is 4.79 Å². The summed E-state index contributed by atoms with van der Waals surface area (Å²) in [6.07, 6.45) is 1.30. The third kappa shape index (κ3) is 6.33. The minimum atomic E-state index is -0.966. The summed E-state index contributed by atoms with van der Waals surface area (Å²) in [5.74, 6) is -0.966. The highest BCUT2D eigenvalue weighted by Gasteiger charge is 2.11. The highest BCUT2D eigenvalue weighted by atomic mass is 16.5. The number of ether oxygens (including phenoxy) is 1. The SMILES string of the molecule is COCCNCCc1ccc(CC(N)C(=O)O)cc1. The zero-order valence-corrected chi connectivity index (χ0v) is 11.3. The van der Waals surface area contributed by atoms with E-state index in [0.717, 1.165) is 25.1 Å². The number of aliphatic carboxylic acids is 1. The summed E-state index contributed by atoms with van der Waals surface area (Å²) >= 11 is 0. The fraction of sp³-hybridized carbons (Fsp3) is 0.500. The summed E-state index contributed by atoms with van der Waals surface area (Å²) in [6.45, 7) is 2.46. The molecule has 106 valence electrons. The molecule has 0 fully saturated rings. The molecule has 5 nitrogen and oxygen atoms in total. The van der Waals surface area contributed by atoms with Gasteiger partial charge in [-0.1, -0.05) is 24.3 Å². The van der Waals surface area contributed by atoms with Crippen LogP contribution in [0.25, 0.3) is 0 Å². The smallest absolute Gasteiger partial charge is 0.320 e. The van der Waals surface area contributed by atoms with Gasteiger partial charge in [0.2, 0.25) is 0 Å². The van der Waals surface area contributed by atoms with Gasteiger partial charge < -0.3 is 20.9 Å². The molecule has 0 bridgehead atoms. The van der Waals surface area contributed by atoms with Crippen molar-refractivity contribution in [2.75, 3.05) is 26.8 Å². The molecule has 0 radical (unpaired) electrons. The summed E-state index contributed by atoms with van der Waals surface area (Å²) in [7, 11) is 1.68. The average molecular weight is 266 g/mol. The number of rotatable bonds is 9. The third-order valence-corrected chi connectivity index (χ3v) is 2.87. The molecule has 0 spiro atoms. The van der Waals surface area contributed by atoms with Crippen LogP contribution in [0, 0.1) is 0 Å². The van der Waals surface area contributed by atoms with E-state index in [0.29, 0.717) is 13.0 Å². The lowest BCUT2D eigenvalue weighted by Crippen LogP contribution is -2.32. The Morgan fingerprint density at radius 2 is 1.95 bits per heavy atom. The Morgan fingerprint density at radius 3 is 2.53 bits per heavy atom. The first-order chi connectivity index (χ1) is 9.13.